The second-order valence-electron chi connectivity index (χ2n) is 1.61. The van der Waals surface area contributed by atoms with Gasteiger partial charge in [0.25, 0.3) is 0 Å². The lowest BCUT2D eigenvalue weighted by atomic mass is 10.5. The van der Waals surface area contributed by atoms with Gasteiger partial charge in [0, 0.05) is 17.3 Å². The van der Waals surface area contributed by atoms with Gasteiger partial charge in [0.05, 0.1) is 0 Å². The second kappa shape index (κ2) is 2.44. The van der Waals surface area contributed by atoms with E-state index in [1.54, 1.807) is 6.92 Å². The summed E-state index contributed by atoms with van der Waals surface area (Å²) in [6.07, 6.45) is 1.51. The van der Waals surface area contributed by atoms with Gasteiger partial charge >= 0.3 is 0 Å². The summed E-state index contributed by atoms with van der Waals surface area (Å²) in [6.45, 7) is -0.495. The fourth-order valence-electron chi connectivity index (χ4n) is 0.526. The molecular weight excluding hydrogens is 114 g/mol. The topological polar surface area (TPSA) is 37.8 Å². The lowest BCUT2D eigenvalue weighted by Crippen LogP contribution is -1.94. The predicted molar refractivity (Wildman–Crippen MR) is 36.3 cm³/mol. The minimum atomic E-state index is -2.19. The van der Waals surface area contributed by atoms with Gasteiger partial charge < -0.3 is 5.32 Å². The van der Waals surface area contributed by atoms with Gasteiger partial charge in [0.1, 0.15) is 11.6 Å². The van der Waals surface area contributed by atoms with E-state index in [-0.39, 0.29) is 0 Å². The summed E-state index contributed by atoms with van der Waals surface area (Å²) >= 11 is 0. The van der Waals surface area contributed by atoms with E-state index in [0.717, 1.165) is 0 Å². The van der Waals surface area contributed by atoms with Gasteiger partial charge in [0.2, 0.25) is 0 Å². The Balaban J connectivity index is 2.77. The summed E-state index contributed by atoms with van der Waals surface area (Å²) in [6, 6.07) is 1.51. The number of aryl methyl sites for hydroxylation is 1. The highest BCUT2D eigenvalue weighted by Gasteiger charge is 1.87. The first-order chi connectivity index (χ1) is 5.47. The highest BCUT2D eigenvalue weighted by molar-refractivity contribution is 5.31. The van der Waals surface area contributed by atoms with Gasteiger partial charge in [-0.3, -0.25) is 0 Å². The van der Waals surface area contributed by atoms with Crippen LogP contribution in [0.2, 0.25) is 0 Å². The molecule has 0 aliphatic carbocycles. The van der Waals surface area contributed by atoms with Crippen molar-refractivity contribution in [2.75, 3.05) is 12.3 Å². The Morgan fingerprint density at radius 2 is 2.67 bits per heavy atom. The van der Waals surface area contributed by atoms with Crippen LogP contribution in [0.5, 0.6) is 0 Å². The highest BCUT2D eigenvalue weighted by atomic mass is 15.0. The number of hydrogen-bond acceptors (Lipinski definition) is 3. The Labute approximate surface area is 58.4 Å². The van der Waals surface area contributed by atoms with E-state index in [2.05, 4.69) is 15.3 Å². The van der Waals surface area contributed by atoms with Gasteiger partial charge in [-0.1, -0.05) is 0 Å². The van der Waals surface area contributed by atoms with Crippen molar-refractivity contribution < 1.29 is 4.11 Å². The quantitative estimate of drug-likeness (QED) is 0.605. The monoisotopic (exact) mass is 126 g/mol. The van der Waals surface area contributed by atoms with Gasteiger partial charge in [0.15, 0.2) is 0 Å². The third-order valence-corrected chi connectivity index (χ3v) is 0.904. The maximum absolute atomic E-state index is 6.90. The van der Waals surface area contributed by atoms with Crippen molar-refractivity contribution in [2.45, 2.75) is 6.92 Å². The van der Waals surface area contributed by atoms with Gasteiger partial charge in [-0.05, 0) is 13.0 Å². The third-order valence-electron chi connectivity index (χ3n) is 0.904. The number of anilines is 1. The van der Waals surface area contributed by atoms with Crippen LogP contribution in [-0.2, 0) is 0 Å². The van der Waals surface area contributed by atoms with Gasteiger partial charge in [-0.25, -0.2) is 9.97 Å². The molecule has 48 valence electrons. The largest absolute Gasteiger partial charge is 0.373 e. The van der Waals surface area contributed by atoms with Crippen molar-refractivity contribution >= 4 is 5.82 Å². The molecule has 1 aromatic heterocycles. The molecule has 0 fully saturated rings. The molecule has 3 heteroatoms. The van der Waals surface area contributed by atoms with Crippen LogP contribution >= 0.6 is 0 Å². The maximum Gasteiger partial charge on any atom is 0.129 e. The SMILES string of the molecule is [2H]C([2H])([2H])Nc1ccnc(C)n1. The minimum absolute atomic E-state index is 0.322. The normalized spacial score (nSPS) is 15.4. The highest BCUT2D eigenvalue weighted by Crippen LogP contribution is 1.97. The molecule has 3 nitrogen and oxygen atoms in total. The third kappa shape index (κ3) is 1.38. The van der Waals surface area contributed by atoms with E-state index in [0.29, 0.717) is 11.6 Å². The van der Waals surface area contributed by atoms with Gasteiger partial charge in [-0.15, -0.1) is 0 Å². The Kier molecular flexibility index (Phi) is 0.853. The minimum Gasteiger partial charge on any atom is -0.373 e. The summed E-state index contributed by atoms with van der Waals surface area (Å²) in [5, 5.41) is 2.27. The Hall–Kier alpha value is -1.12. The molecule has 9 heavy (non-hydrogen) atoms. The fraction of sp³-hybridized carbons (Fsp3) is 0.333. The molecule has 0 saturated carbocycles. The number of hydrogen-bond donors (Lipinski definition) is 1. The van der Waals surface area contributed by atoms with E-state index >= 15 is 0 Å². The van der Waals surface area contributed by atoms with Crippen molar-refractivity contribution in [1.29, 1.82) is 0 Å². The van der Waals surface area contributed by atoms with E-state index in [4.69, 9.17) is 4.11 Å². The standard InChI is InChI=1S/C6H9N3/c1-5-8-4-3-6(7-2)9-5/h3-4H,1-2H3,(H,7,8,9)/i2D3. The van der Waals surface area contributed by atoms with Crippen LogP contribution in [0.4, 0.5) is 5.82 Å². The first-order valence-corrected chi connectivity index (χ1v) is 2.55. The molecule has 1 heterocycles. The Bertz CT molecular complexity index is 271. The fourth-order valence-corrected chi connectivity index (χ4v) is 0.526. The van der Waals surface area contributed by atoms with E-state index in [9.17, 15) is 0 Å². The number of nitrogens with one attached hydrogen (secondary N) is 1. The predicted octanol–water partition coefficient (Wildman–Crippen LogP) is 0.827. The van der Waals surface area contributed by atoms with Crippen LogP contribution in [0.15, 0.2) is 12.3 Å². The molecule has 0 bridgehead atoms. The number of nitrogens with zero attached hydrogens (tertiary/aromatic N) is 2. The van der Waals surface area contributed by atoms with Crippen LogP contribution in [0.3, 0.4) is 0 Å². The molecular formula is C6H9N3. The summed E-state index contributed by atoms with van der Waals surface area (Å²) in [5.74, 6) is 0.867. The van der Waals surface area contributed by atoms with E-state index in [1.165, 1.54) is 12.3 Å². The molecule has 0 aliphatic heterocycles. The van der Waals surface area contributed by atoms with Crippen molar-refractivity contribution in [3.8, 4) is 0 Å². The lowest BCUT2D eigenvalue weighted by molar-refractivity contribution is 1.05. The second-order valence-corrected chi connectivity index (χ2v) is 1.61. The molecule has 0 unspecified atom stereocenters. The molecule has 0 amide bonds. The molecule has 0 aliphatic rings. The average molecular weight is 126 g/mol. The zero-order chi connectivity index (χ0) is 9.19. The Morgan fingerprint density at radius 3 is 3.33 bits per heavy atom. The first-order valence-electron chi connectivity index (χ1n) is 4.05. The smallest absolute Gasteiger partial charge is 0.129 e. The van der Waals surface area contributed by atoms with Crippen molar-refractivity contribution in [2.24, 2.45) is 0 Å². The zero-order valence-electron chi connectivity index (χ0n) is 8.05. The van der Waals surface area contributed by atoms with Crippen molar-refractivity contribution in [1.82, 2.24) is 9.97 Å². The molecule has 0 atom stereocenters. The maximum atomic E-state index is 6.90. The summed E-state index contributed by atoms with van der Waals surface area (Å²) < 4.78 is 20.7. The molecule has 1 rings (SSSR count). The van der Waals surface area contributed by atoms with E-state index in [1.807, 2.05) is 0 Å². The Morgan fingerprint density at radius 1 is 1.78 bits per heavy atom. The van der Waals surface area contributed by atoms with Crippen LogP contribution in [0.25, 0.3) is 0 Å². The van der Waals surface area contributed by atoms with Gasteiger partial charge in [-0.2, -0.15) is 0 Å². The molecule has 1 N–H and O–H groups in total. The van der Waals surface area contributed by atoms with Crippen LogP contribution in [-0.4, -0.2) is 16.9 Å². The van der Waals surface area contributed by atoms with E-state index < -0.39 is 6.98 Å². The average Bonchev–Trinajstić information content (AvgIpc) is 1.82. The van der Waals surface area contributed by atoms with Crippen molar-refractivity contribution in [3.05, 3.63) is 18.1 Å². The number of aromatic nitrogens is 2. The molecule has 0 spiro atoms. The van der Waals surface area contributed by atoms with Crippen LogP contribution in [0, 0.1) is 6.92 Å². The molecule has 0 aromatic carbocycles. The van der Waals surface area contributed by atoms with Crippen LogP contribution in [0.1, 0.15) is 9.94 Å². The zero-order valence-corrected chi connectivity index (χ0v) is 5.05. The molecule has 1 aromatic rings. The molecule has 0 saturated heterocycles. The van der Waals surface area contributed by atoms with Crippen molar-refractivity contribution in [3.63, 3.8) is 0 Å². The lowest BCUT2D eigenvalue weighted by Gasteiger charge is -1.96. The van der Waals surface area contributed by atoms with Crippen LogP contribution < -0.4 is 5.32 Å². The first kappa shape index (κ1) is 3.15. The summed E-state index contributed by atoms with van der Waals surface area (Å²) in [4.78, 5) is 7.71. The summed E-state index contributed by atoms with van der Waals surface area (Å²) in [5.41, 5.74) is 0. The number of rotatable bonds is 1. The summed E-state index contributed by atoms with van der Waals surface area (Å²) in [7, 11) is 0. The molecule has 0 radical (unpaired) electrons.